The summed E-state index contributed by atoms with van der Waals surface area (Å²) in [4.78, 5) is 16.9. The Kier molecular flexibility index (Phi) is 5.90. The molecule has 9 heteroatoms. The van der Waals surface area contributed by atoms with Crippen LogP contribution in [-0.2, 0) is 14.8 Å². The molecule has 1 atom stereocenters. The number of nitrogens with zero attached hydrogens (tertiary/aromatic N) is 1. The number of aromatic nitrogens is 1. The van der Waals surface area contributed by atoms with E-state index in [1.165, 1.54) is 12.1 Å². The van der Waals surface area contributed by atoms with Crippen LogP contribution in [0.1, 0.15) is 26.7 Å². The largest absolute Gasteiger partial charge is 0.441 e. The van der Waals surface area contributed by atoms with Crippen molar-refractivity contribution in [3.05, 3.63) is 48.4 Å². The Hall–Kier alpha value is -2.91. The number of oxazole rings is 1. The molecule has 1 amide bonds. The standard InChI is InChI=1S/C20H24N4O4S/c1-12(2)24-29(26,27)17-8-5-15(6-9-17)23-20(25)13(3)21-16-7-10-19-18(11-16)22-14(4)28-19/h5-13,21,24H,1-4H3,(H,23,25)/t13-/m1/s1. The SMILES string of the molecule is Cc1nc2cc(N[C@H](C)C(=O)Nc3ccc(S(=O)(=O)NC(C)C)cc3)ccc2o1. The Labute approximate surface area is 169 Å². The lowest BCUT2D eigenvalue weighted by Crippen LogP contribution is -2.32. The highest BCUT2D eigenvalue weighted by Crippen LogP contribution is 2.20. The molecule has 8 nitrogen and oxygen atoms in total. The van der Waals surface area contributed by atoms with Gasteiger partial charge in [0.05, 0.1) is 4.90 Å². The van der Waals surface area contributed by atoms with Crippen LogP contribution in [0.25, 0.3) is 11.1 Å². The fraction of sp³-hybridized carbons (Fsp3) is 0.300. The van der Waals surface area contributed by atoms with Crippen LogP contribution in [0.15, 0.2) is 51.8 Å². The topological polar surface area (TPSA) is 113 Å². The molecule has 0 aliphatic carbocycles. The van der Waals surface area contributed by atoms with Gasteiger partial charge < -0.3 is 15.1 Å². The van der Waals surface area contributed by atoms with Gasteiger partial charge in [-0.05, 0) is 63.2 Å². The molecule has 0 spiro atoms. The number of nitrogens with one attached hydrogen (secondary N) is 3. The van der Waals surface area contributed by atoms with Crippen LogP contribution in [0.3, 0.4) is 0 Å². The number of carbonyl (C=O) groups excluding carboxylic acids is 1. The van der Waals surface area contributed by atoms with Crippen molar-refractivity contribution in [3.8, 4) is 0 Å². The first-order valence-electron chi connectivity index (χ1n) is 9.21. The second kappa shape index (κ2) is 8.22. The summed E-state index contributed by atoms with van der Waals surface area (Å²) in [6.45, 7) is 7.02. The van der Waals surface area contributed by atoms with E-state index in [1.807, 2.05) is 12.1 Å². The van der Waals surface area contributed by atoms with E-state index in [-0.39, 0.29) is 16.8 Å². The number of aryl methyl sites for hydroxylation is 1. The number of benzene rings is 2. The molecular formula is C20H24N4O4S. The fourth-order valence-electron chi connectivity index (χ4n) is 2.79. The first-order valence-corrected chi connectivity index (χ1v) is 10.7. The molecule has 3 rings (SSSR count). The van der Waals surface area contributed by atoms with E-state index >= 15 is 0 Å². The van der Waals surface area contributed by atoms with Crippen LogP contribution in [0.4, 0.5) is 11.4 Å². The third kappa shape index (κ3) is 5.12. The normalized spacial score (nSPS) is 12.9. The van der Waals surface area contributed by atoms with E-state index in [0.29, 0.717) is 22.7 Å². The molecule has 3 aromatic rings. The summed E-state index contributed by atoms with van der Waals surface area (Å²) in [5.74, 6) is 0.328. The maximum absolute atomic E-state index is 12.5. The van der Waals surface area contributed by atoms with Crippen LogP contribution in [-0.4, -0.2) is 31.4 Å². The average molecular weight is 417 g/mol. The molecule has 154 valence electrons. The third-order valence-electron chi connectivity index (χ3n) is 4.09. The molecule has 2 aromatic carbocycles. The highest BCUT2D eigenvalue weighted by atomic mass is 32.2. The number of carbonyl (C=O) groups is 1. The van der Waals surface area contributed by atoms with Crippen molar-refractivity contribution in [3.63, 3.8) is 0 Å². The number of anilines is 2. The summed E-state index contributed by atoms with van der Waals surface area (Å²) in [6.07, 6.45) is 0. The Bertz CT molecular complexity index is 1120. The lowest BCUT2D eigenvalue weighted by atomic mass is 10.2. The summed E-state index contributed by atoms with van der Waals surface area (Å²) >= 11 is 0. The van der Waals surface area contributed by atoms with Crippen LogP contribution in [0.2, 0.25) is 0 Å². The van der Waals surface area contributed by atoms with Crippen molar-refractivity contribution in [2.75, 3.05) is 10.6 Å². The third-order valence-corrected chi connectivity index (χ3v) is 5.77. The van der Waals surface area contributed by atoms with E-state index < -0.39 is 16.1 Å². The van der Waals surface area contributed by atoms with Gasteiger partial charge in [-0.25, -0.2) is 18.1 Å². The van der Waals surface area contributed by atoms with Gasteiger partial charge in [0.2, 0.25) is 15.9 Å². The number of hydrogen-bond acceptors (Lipinski definition) is 6. The first-order chi connectivity index (χ1) is 13.6. The van der Waals surface area contributed by atoms with Crippen molar-refractivity contribution in [2.45, 2.75) is 44.7 Å². The first kappa shape index (κ1) is 20.8. The zero-order valence-electron chi connectivity index (χ0n) is 16.7. The lowest BCUT2D eigenvalue weighted by Gasteiger charge is -2.15. The van der Waals surface area contributed by atoms with Crippen molar-refractivity contribution in [2.24, 2.45) is 0 Å². The van der Waals surface area contributed by atoms with Gasteiger partial charge in [0.25, 0.3) is 0 Å². The van der Waals surface area contributed by atoms with Crippen LogP contribution in [0, 0.1) is 6.92 Å². The van der Waals surface area contributed by atoms with Crippen molar-refractivity contribution in [1.82, 2.24) is 9.71 Å². The maximum Gasteiger partial charge on any atom is 0.246 e. The number of sulfonamides is 1. The lowest BCUT2D eigenvalue weighted by molar-refractivity contribution is -0.116. The number of amides is 1. The molecule has 0 saturated heterocycles. The summed E-state index contributed by atoms with van der Waals surface area (Å²) in [6, 6.07) is 10.7. The molecule has 0 unspecified atom stereocenters. The molecule has 0 aliphatic heterocycles. The van der Waals surface area contributed by atoms with Crippen molar-refractivity contribution in [1.29, 1.82) is 0 Å². The number of rotatable bonds is 7. The summed E-state index contributed by atoms with van der Waals surface area (Å²) in [5, 5.41) is 5.89. The molecule has 0 saturated carbocycles. The quantitative estimate of drug-likeness (QED) is 0.545. The van der Waals surface area contributed by atoms with Gasteiger partial charge in [-0.1, -0.05) is 0 Å². The van der Waals surface area contributed by atoms with Crippen LogP contribution in [0.5, 0.6) is 0 Å². The Morgan fingerprint density at radius 1 is 1.03 bits per heavy atom. The zero-order chi connectivity index (χ0) is 21.2. The smallest absolute Gasteiger partial charge is 0.246 e. The number of fused-ring (bicyclic) bond motifs is 1. The molecule has 1 aromatic heterocycles. The Morgan fingerprint density at radius 3 is 2.34 bits per heavy atom. The van der Waals surface area contributed by atoms with Gasteiger partial charge in [-0.3, -0.25) is 4.79 Å². The van der Waals surface area contributed by atoms with Gasteiger partial charge in [-0.15, -0.1) is 0 Å². The van der Waals surface area contributed by atoms with E-state index in [4.69, 9.17) is 4.42 Å². The van der Waals surface area contributed by atoms with E-state index in [0.717, 1.165) is 5.69 Å². The summed E-state index contributed by atoms with van der Waals surface area (Å²) in [5.41, 5.74) is 2.66. The van der Waals surface area contributed by atoms with Crippen molar-refractivity contribution >= 4 is 38.4 Å². The number of hydrogen-bond donors (Lipinski definition) is 3. The monoisotopic (exact) mass is 416 g/mol. The van der Waals surface area contributed by atoms with Crippen LogP contribution < -0.4 is 15.4 Å². The summed E-state index contributed by atoms with van der Waals surface area (Å²) in [7, 11) is -3.57. The molecule has 0 radical (unpaired) electrons. The minimum Gasteiger partial charge on any atom is -0.441 e. The second-order valence-electron chi connectivity index (χ2n) is 7.07. The fourth-order valence-corrected chi connectivity index (χ4v) is 4.05. The molecule has 0 aliphatic rings. The van der Waals surface area contributed by atoms with Gasteiger partial charge in [0.15, 0.2) is 11.5 Å². The summed E-state index contributed by atoms with van der Waals surface area (Å²) < 4.78 is 32.3. The van der Waals surface area contributed by atoms with Gasteiger partial charge >= 0.3 is 0 Å². The van der Waals surface area contributed by atoms with Crippen molar-refractivity contribution < 1.29 is 17.6 Å². The Balaban J connectivity index is 1.64. The molecule has 0 fully saturated rings. The highest BCUT2D eigenvalue weighted by molar-refractivity contribution is 7.89. The van der Waals surface area contributed by atoms with E-state index in [2.05, 4.69) is 20.3 Å². The maximum atomic E-state index is 12.5. The predicted octanol–water partition coefficient (Wildman–Crippen LogP) is 3.26. The molecule has 1 heterocycles. The highest BCUT2D eigenvalue weighted by Gasteiger charge is 2.17. The minimum atomic E-state index is -3.57. The molecule has 29 heavy (non-hydrogen) atoms. The van der Waals surface area contributed by atoms with Gasteiger partial charge in [0.1, 0.15) is 11.6 Å². The van der Waals surface area contributed by atoms with E-state index in [1.54, 1.807) is 45.9 Å². The van der Waals surface area contributed by atoms with Crippen LogP contribution >= 0.6 is 0 Å². The van der Waals surface area contributed by atoms with Gasteiger partial charge in [0, 0.05) is 24.3 Å². The minimum absolute atomic E-state index is 0.145. The molecule has 0 bridgehead atoms. The van der Waals surface area contributed by atoms with Gasteiger partial charge in [-0.2, -0.15) is 0 Å². The van der Waals surface area contributed by atoms with E-state index in [9.17, 15) is 13.2 Å². The molecular weight excluding hydrogens is 392 g/mol. The average Bonchev–Trinajstić information content (AvgIpc) is 3.00. The predicted molar refractivity (Wildman–Crippen MR) is 112 cm³/mol. The molecule has 3 N–H and O–H groups in total. The zero-order valence-corrected chi connectivity index (χ0v) is 17.5. The second-order valence-corrected chi connectivity index (χ2v) is 8.79. The Morgan fingerprint density at radius 2 is 1.69 bits per heavy atom.